The molecule has 1 amide bonds. The van der Waals surface area contributed by atoms with Crippen LogP contribution in [0, 0.1) is 0 Å². The van der Waals surface area contributed by atoms with Crippen LogP contribution in [0.3, 0.4) is 0 Å². The van der Waals surface area contributed by atoms with E-state index in [1.807, 2.05) is 0 Å². The van der Waals surface area contributed by atoms with E-state index in [-0.39, 0.29) is 5.91 Å². The van der Waals surface area contributed by atoms with Crippen molar-refractivity contribution < 1.29 is 4.79 Å². The van der Waals surface area contributed by atoms with Crippen molar-refractivity contribution >= 4 is 23.5 Å². The molecule has 1 aromatic heterocycles. The molecule has 0 aliphatic carbocycles. The van der Waals surface area contributed by atoms with Crippen LogP contribution in [0.15, 0.2) is 6.07 Å². The summed E-state index contributed by atoms with van der Waals surface area (Å²) in [5, 5.41) is 6.00. The van der Waals surface area contributed by atoms with Crippen molar-refractivity contribution in [3.05, 3.63) is 6.07 Å². The van der Waals surface area contributed by atoms with E-state index in [0.29, 0.717) is 11.8 Å². The maximum absolute atomic E-state index is 11.2. The molecule has 0 saturated carbocycles. The van der Waals surface area contributed by atoms with Crippen LogP contribution in [-0.4, -0.2) is 35.5 Å². The maximum Gasteiger partial charge on any atom is 0.229 e. The van der Waals surface area contributed by atoms with Crippen molar-refractivity contribution in [2.45, 2.75) is 40.5 Å². The van der Waals surface area contributed by atoms with Gasteiger partial charge in [0.2, 0.25) is 11.9 Å². The number of aromatic nitrogens is 2. The number of hydrogen-bond donors (Lipinski definition) is 2. The third-order valence-electron chi connectivity index (χ3n) is 2.90. The first-order valence-electron chi connectivity index (χ1n) is 7.26. The van der Waals surface area contributed by atoms with E-state index in [1.54, 1.807) is 6.07 Å². The lowest BCUT2D eigenvalue weighted by Crippen LogP contribution is -2.25. The van der Waals surface area contributed by atoms with Crippen LogP contribution in [0.2, 0.25) is 0 Å². The van der Waals surface area contributed by atoms with Gasteiger partial charge in [-0.2, -0.15) is 9.97 Å². The second-order valence-electron chi connectivity index (χ2n) is 4.57. The molecule has 20 heavy (non-hydrogen) atoms. The summed E-state index contributed by atoms with van der Waals surface area (Å²) >= 11 is 0. The van der Waals surface area contributed by atoms with E-state index >= 15 is 0 Å². The van der Waals surface area contributed by atoms with Gasteiger partial charge in [-0.05, 0) is 20.3 Å². The zero-order valence-corrected chi connectivity index (χ0v) is 12.9. The highest BCUT2D eigenvalue weighted by Crippen LogP contribution is 2.17. The molecular formula is C14H25N5O. The first-order valence-corrected chi connectivity index (χ1v) is 7.26. The molecular weight excluding hydrogens is 254 g/mol. The molecule has 0 aliphatic rings. The van der Waals surface area contributed by atoms with Gasteiger partial charge in [-0.15, -0.1) is 0 Å². The number of nitrogens with zero attached hydrogens (tertiary/aromatic N) is 3. The van der Waals surface area contributed by atoms with Gasteiger partial charge in [0.05, 0.1) is 0 Å². The number of carbonyl (C=O) groups is 1. The van der Waals surface area contributed by atoms with E-state index in [0.717, 1.165) is 38.3 Å². The van der Waals surface area contributed by atoms with Crippen molar-refractivity contribution in [2.75, 3.05) is 35.2 Å². The van der Waals surface area contributed by atoms with Crippen LogP contribution in [0.5, 0.6) is 0 Å². The number of rotatable bonds is 8. The van der Waals surface area contributed by atoms with Gasteiger partial charge in [0, 0.05) is 32.6 Å². The Hall–Kier alpha value is -1.85. The largest absolute Gasteiger partial charge is 0.370 e. The Morgan fingerprint density at radius 2 is 1.85 bits per heavy atom. The smallest absolute Gasteiger partial charge is 0.229 e. The van der Waals surface area contributed by atoms with Crippen molar-refractivity contribution in [3.63, 3.8) is 0 Å². The third kappa shape index (κ3) is 5.03. The summed E-state index contributed by atoms with van der Waals surface area (Å²) in [6.07, 6.45) is 2.21. The number of nitrogens with one attached hydrogen (secondary N) is 2. The van der Waals surface area contributed by atoms with Gasteiger partial charge in [0.1, 0.15) is 11.6 Å². The lowest BCUT2D eigenvalue weighted by Gasteiger charge is -2.20. The molecule has 6 heteroatoms. The summed E-state index contributed by atoms with van der Waals surface area (Å²) in [6.45, 7) is 10.3. The molecule has 1 rings (SSSR count). The average Bonchev–Trinajstić information content (AvgIpc) is 2.39. The van der Waals surface area contributed by atoms with E-state index in [1.165, 1.54) is 6.92 Å². The van der Waals surface area contributed by atoms with E-state index in [2.05, 4.69) is 46.3 Å². The highest BCUT2D eigenvalue weighted by Gasteiger charge is 2.10. The normalized spacial score (nSPS) is 10.2. The predicted octanol–water partition coefficient (Wildman–Crippen LogP) is 2.49. The quantitative estimate of drug-likeness (QED) is 0.715. The van der Waals surface area contributed by atoms with Gasteiger partial charge in [-0.3, -0.25) is 4.79 Å². The summed E-state index contributed by atoms with van der Waals surface area (Å²) < 4.78 is 0. The number of anilines is 3. The third-order valence-corrected chi connectivity index (χ3v) is 2.90. The minimum absolute atomic E-state index is 0.131. The minimum atomic E-state index is -0.131. The zero-order valence-electron chi connectivity index (χ0n) is 12.9. The van der Waals surface area contributed by atoms with Crippen LogP contribution in [0.1, 0.15) is 40.5 Å². The molecule has 0 saturated heterocycles. The number of unbranched alkanes of at least 4 members (excludes halogenated alkanes) is 1. The van der Waals surface area contributed by atoms with Crippen LogP contribution in [0.4, 0.5) is 17.6 Å². The fourth-order valence-electron chi connectivity index (χ4n) is 1.81. The van der Waals surface area contributed by atoms with Crippen LogP contribution >= 0.6 is 0 Å². The summed E-state index contributed by atoms with van der Waals surface area (Å²) in [5.41, 5.74) is 0. The van der Waals surface area contributed by atoms with Crippen LogP contribution < -0.4 is 15.5 Å². The highest BCUT2D eigenvalue weighted by molar-refractivity contribution is 5.88. The lowest BCUT2D eigenvalue weighted by atomic mass is 10.3. The number of carbonyl (C=O) groups excluding carboxylic acids is 1. The topological polar surface area (TPSA) is 70.2 Å². The molecule has 1 heterocycles. The minimum Gasteiger partial charge on any atom is -0.370 e. The highest BCUT2D eigenvalue weighted by atomic mass is 16.1. The maximum atomic E-state index is 11.2. The molecule has 0 aromatic carbocycles. The summed E-state index contributed by atoms with van der Waals surface area (Å²) in [7, 11) is 0. The molecule has 6 nitrogen and oxygen atoms in total. The van der Waals surface area contributed by atoms with Gasteiger partial charge in [0.15, 0.2) is 0 Å². The van der Waals surface area contributed by atoms with E-state index in [9.17, 15) is 4.79 Å². The molecule has 0 spiro atoms. The van der Waals surface area contributed by atoms with Crippen LogP contribution in [-0.2, 0) is 4.79 Å². The van der Waals surface area contributed by atoms with Crippen LogP contribution in [0.25, 0.3) is 0 Å². The van der Waals surface area contributed by atoms with Crippen molar-refractivity contribution in [3.8, 4) is 0 Å². The summed E-state index contributed by atoms with van der Waals surface area (Å²) in [4.78, 5) is 22.1. The SMILES string of the molecule is CCCCNc1cc(NC(C)=O)nc(N(CC)CC)n1. The Kier molecular flexibility index (Phi) is 6.76. The van der Waals surface area contributed by atoms with Gasteiger partial charge in [-0.25, -0.2) is 0 Å². The van der Waals surface area contributed by atoms with Gasteiger partial charge >= 0.3 is 0 Å². The Labute approximate surface area is 121 Å². The Balaban J connectivity index is 2.97. The van der Waals surface area contributed by atoms with Crippen molar-refractivity contribution in [2.24, 2.45) is 0 Å². The standard InChI is InChI=1S/C14H25N5O/c1-5-8-9-15-12-10-13(16-11(4)20)18-14(17-12)19(6-2)7-3/h10H,5-9H2,1-4H3,(H2,15,16,17,18,20). The first kappa shape index (κ1) is 16.2. The van der Waals surface area contributed by atoms with Gasteiger partial charge in [0.25, 0.3) is 0 Å². The average molecular weight is 279 g/mol. The lowest BCUT2D eigenvalue weighted by molar-refractivity contribution is -0.114. The summed E-state index contributed by atoms with van der Waals surface area (Å²) in [6, 6.07) is 1.77. The van der Waals surface area contributed by atoms with Crippen molar-refractivity contribution in [1.29, 1.82) is 0 Å². The van der Waals surface area contributed by atoms with E-state index in [4.69, 9.17) is 0 Å². The fourth-order valence-corrected chi connectivity index (χ4v) is 1.81. The molecule has 2 N–H and O–H groups in total. The molecule has 0 bridgehead atoms. The molecule has 0 fully saturated rings. The monoisotopic (exact) mass is 279 g/mol. The zero-order chi connectivity index (χ0) is 15.0. The number of amides is 1. The summed E-state index contributed by atoms with van der Waals surface area (Å²) in [5.74, 6) is 1.79. The second kappa shape index (κ2) is 8.35. The Morgan fingerprint density at radius 3 is 2.40 bits per heavy atom. The molecule has 0 aliphatic heterocycles. The van der Waals surface area contributed by atoms with E-state index < -0.39 is 0 Å². The number of hydrogen-bond acceptors (Lipinski definition) is 5. The molecule has 0 radical (unpaired) electrons. The second-order valence-corrected chi connectivity index (χ2v) is 4.57. The first-order chi connectivity index (χ1) is 9.60. The Morgan fingerprint density at radius 1 is 1.20 bits per heavy atom. The van der Waals surface area contributed by atoms with Gasteiger partial charge in [-0.1, -0.05) is 13.3 Å². The fraction of sp³-hybridized carbons (Fsp3) is 0.643. The Bertz CT molecular complexity index is 432. The molecule has 112 valence electrons. The predicted molar refractivity (Wildman–Crippen MR) is 83.3 cm³/mol. The van der Waals surface area contributed by atoms with Crippen molar-refractivity contribution in [1.82, 2.24) is 9.97 Å². The van der Waals surface area contributed by atoms with Gasteiger partial charge < -0.3 is 15.5 Å². The molecule has 1 aromatic rings. The molecule has 0 unspecified atom stereocenters. The molecule has 0 atom stereocenters.